The molecule has 2 aromatic rings. The van der Waals surface area contributed by atoms with Gasteiger partial charge < -0.3 is 0 Å². The number of nitrogens with zero attached hydrogens (tertiary/aromatic N) is 4. The standard InChI is InChI=1S/C14H6N4O/c1-7-2-3-8-9(4-7)12-13(14(8)19)18-11(6-16)10(5-15)17-12/h2-4H,1H3. The van der Waals surface area contributed by atoms with E-state index in [2.05, 4.69) is 9.97 Å². The van der Waals surface area contributed by atoms with E-state index in [9.17, 15) is 4.79 Å². The molecule has 0 atom stereocenters. The smallest absolute Gasteiger partial charge is 0.214 e. The molecular weight excluding hydrogens is 240 g/mol. The maximum Gasteiger partial charge on any atom is 0.214 e. The Morgan fingerprint density at radius 3 is 2.26 bits per heavy atom. The highest BCUT2D eigenvalue weighted by Gasteiger charge is 2.31. The summed E-state index contributed by atoms with van der Waals surface area (Å²) in [4.78, 5) is 20.3. The summed E-state index contributed by atoms with van der Waals surface area (Å²) in [5.74, 6) is -0.251. The van der Waals surface area contributed by atoms with Gasteiger partial charge in [-0.05, 0) is 13.0 Å². The first-order valence-electron chi connectivity index (χ1n) is 5.53. The predicted molar refractivity (Wildman–Crippen MR) is 65.1 cm³/mol. The number of nitriles is 2. The highest BCUT2D eigenvalue weighted by molar-refractivity contribution is 6.19. The number of hydrogen-bond donors (Lipinski definition) is 0. The van der Waals surface area contributed by atoms with Crippen molar-refractivity contribution in [3.8, 4) is 23.4 Å². The SMILES string of the molecule is Cc1ccc2c(c1)-c1nc(C#N)c(C#N)nc1C2=O. The van der Waals surface area contributed by atoms with Gasteiger partial charge in [-0.2, -0.15) is 10.5 Å². The van der Waals surface area contributed by atoms with Crippen molar-refractivity contribution in [1.82, 2.24) is 9.97 Å². The summed E-state index contributed by atoms with van der Waals surface area (Å²) >= 11 is 0. The summed E-state index contributed by atoms with van der Waals surface area (Å²) in [6.45, 7) is 1.91. The molecule has 0 bridgehead atoms. The summed E-state index contributed by atoms with van der Waals surface area (Å²) in [6, 6.07) is 9.00. The molecule has 5 nitrogen and oxygen atoms in total. The van der Waals surface area contributed by atoms with E-state index in [1.807, 2.05) is 25.1 Å². The zero-order valence-corrected chi connectivity index (χ0v) is 9.93. The number of hydrogen-bond acceptors (Lipinski definition) is 5. The Hall–Kier alpha value is -3.05. The van der Waals surface area contributed by atoms with Crippen molar-refractivity contribution >= 4 is 5.78 Å². The average Bonchev–Trinajstić information content (AvgIpc) is 2.70. The van der Waals surface area contributed by atoms with Crippen LogP contribution < -0.4 is 0 Å². The van der Waals surface area contributed by atoms with Crippen LogP contribution in [-0.2, 0) is 0 Å². The molecule has 0 saturated carbocycles. The monoisotopic (exact) mass is 246 g/mol. The van der Waals surface area contributed by atoms with Gasteiger partial charge in [0.1, 0.15) is 23.5 Å². The number of aromatic nitrogens is 2. The Kier molecular flexibility index (Phi) is 2.17. The summed E-state index contributed by atoms with van der Waals surface area (Å²) < 4.78 is 0. The third-order valence-electron chi connectivity index (χ3n) is 3.00. The first kappa shape index (κ1) is 11.1. The van der Waals surface area contributed by atoms with Gasteiger partial charge in [-0.15, -0.1) is 0 Å². The van der Waals surface area contributed by atoms with Gasteiger partial charge in [-0.1, -0.05) is 17.7 Å². The van der Waals surface area contributed by atoms with Crippen molar-refractivity contribution in [2.24, 2.45) is 0 Å². The summed E-state index contributed by atoms with van der Waals surface area (Å²) in [5.41, 5.74) is 2.55. The van der Waals surface area contributed by atoms with Crippen molar-refractivity contribution in [2.75, 3.05) is 0 Å². The molecule has 0 fully saturated rings. The molecule has 0 N–H and O–H groups in total. The minimum atomic E-state index is -0.251. The maximum absolute atomic E-state index is 12.2. The number of aryl methyl sites for hydroxylation is 1. The van der Waals surface area contributed by atoms with Crippen LogP contribution >= 0.6 is 0 Å². The van der Waals surface area contributed by atoms with Gasteiger partial charge in [0.05, 0.1) is 0 Å². The zero-order chi connectivity index (χ0) is 13.6. The molecule has 1 aliphatic carbocycles. The van der Waals surface area contributed by atoms with Crippen molar-refractivity contribution in [3.05, 3.63) is 46.4 Å². The molecule has 5 heteroatoms. The van der Waals surface area contributed by atoms with Crippen LogP contribution in [0, 0.1) is 29.6 Å². The molecule has 88 valence electrons. The first-order valence-corrected chi connectivity index (χ1v) is 5.53. The largest absolute Gasteiger partial charge is 0.287 e. The second kappa shape index (κ2) is 3.72. The fourth-order valence-corrected chi connectivity index (χ4v) is 2.12. The van der Waals surface area contributed by atoms with Crippen molar-refractivity contribution < 1.29 is 4.79 Å². The van der Waals surface area contributed by atoms with E-state index in [1.165, 1.54) is 0 Å². The lowest BCUT2D eigenvalue weighted by Crippen LogP contribution is -2.04. The van der Waals surface area contributed by atoms with Gasteiger partial charge in [0, 0.05) is 11.1 Å². The number of rotatable bonds is 0. The van der Waals surface area contributed by atoms with Crippen LogP contribution in [0.3, 0.4) is 0 Å². The van der Waals surface area contributed by atoms with Gasteiger partial charge in [0.2, 0.25) is 5.78 Å². The molecule has 0 saturated heterocycles. The highest BCUT2D eigenvalue weighted by atomic mass is 16.1. The van der Waals surface area contributed by atoms with Crippen molar-refractivity contribution in [1.29, 1.82) is 10.5 Å². The Labute approximate surface area is 108 Å². The molecule has 0 aliphatic heterocycles. The van der Waals surface area contributed by atoms with Gasteiger partial charge in [0.15, 0.2) is 11.4 Å². The van der Waals surface area contributed by atoms with E-state index < -0.39 is 0 Å². The van der Waals surface area contributed by atoms with Crippen LogP contribution in [0.4, 0.5) is 0 Å². The number of carbonyl (C=O) groups excluding carboxylic acids is 1. The molecule has 19 heavy (non-hydrogen) atoms. The second-order valence-corrected chi connectivity index (χ2v) is 4.22. The fourth-order valence-electron chi connectivity index (χ4n) is 2.12. The Bertz CT molecular complexity index is 825. The highest BCUT2D eigenvalue weighted by Crippen LogP contribution is 2.34. The third-order valence-corrected chi connectivity index (χ3v) is 3.00. The van der Waals surface area contributed by atoms with E-state index in [-0.39, 0.29) is 22.9 Å². The Balaban J connectivity index is 2.38. The molecular formula is C14H6N4O. The van der Waals surface area contributed by atoms with Crippen LogP contribution in [0.25, 0.3) is 11.3 Å². The molecule has 1 aromatic carbocycles. The third kappa shape index (κ3) is 1.42. The first-order chi connectivity index (χ1) is 9.15. The molecule has 0 spiro atoms. The van der Waals surface area contributed by atoms with Crippen LogP contribution in [0.2, 0.25) is 0 Å². The quantitative estimate of drug-likeness (QED) is 0.602. The zero-order valence-electron chi connectivity index (χ0n) is 9.93. The van der Waals surface area contributed by atoms with Crippen LogP contribution in [0.1, 0.15) is 33.0 Å². The molecule has 3 rings (SSSR count). The molecule has 0 amide bonds. The second-order valence-electron chi connectivity index (χ2n) is 4.22. The van der Waals surface area contributed by atoms with E-state index >= 15 is 0 Å². The van der Waals surface area contributed by atoms with Gasteiger partial charge >= 0.3 is 0 Å². The topological polar surface area (TPSA) is 90.4 Å². The summed E-state index contributed by atoms with van der Waals surface area (Å²) in [6.07, 6.45) is 0. The van der Waals surface area contributed by atoms with E-state index in [0.29, 0.717) is 16.8 Å². The van der Waals surface area contributed by atoms with Gasteiger partial charge in [0.25, 0.3) is 0 Å². The maximum atomic E-state index is 12.2. The molecule has 0 unspecified atom stereocenters. The summed E-state index contributed by atoms with van der Waals surface area (Å²) in [7, 11) is 0. The van der Waals surface area contributed by atoms with Gasteiger partial charge in [-0.3, -0.25) is 4.79 Å². The Morgan fingerprint density at radius 1 is 1.00 bits per heavy atom. The number of fused-ring (bicyclic) bond motifs is 3. The van der Waals surface area contributed by atoms with Crippen molar-refractivity contribution in [3.63, 3.8) is 0 Å². The van der Waals surface area contributed by atoms with Crippen LogP contribution in [-0.4, -0.2) is 15.8 Å². The fraction of sp³-hybridized carbons (Fsp3) is 0.0714. The number of benzene rings is 1. The molecule has 0 radical (unpaired) electrons. The minimum Gasteiger partial charge on any atom is -0.287 e. The average molecular weight is 246 g/mol. The normalized spacial score (nSPS) is 11.4. The van der Waals surface area contributed by atoms with Gasteiger partial charge in [-0.25, -0.2) is 9.97 Å². The van der Waals surface area contributed by atoms with E-state index in [0.717, 1.165) is 5.56 Å². The molecule has 1 aliphatic rings. The van der Waals surface area contributed by atoms with Crippen LogP contribution in [0.15, 0.2) is 18.2 Å². The van der Waals surface area contributed by atoms with Crippen LogP contribution in [0.5, 0.6) is 0 Å². The lowest BCUT2D eigenvalue weighted by atomic mass is 10.1. The number of carbonyl (C=O) groups is 1. The lowest BCUT2D eigenvalue weighted by molar-refractivity contribution is 0.103. The van der Waals surface area contributed by atoms with E-state index in [4.69, 9.17) is 10.5 Å². The minimum absolute atomic E-state index is 0.0524. The van der Waals surface area contributed by atoms with E-state index in [1.54, 1.807) is 12.1 Å². The lowest BCUT2D eigenvalue weighted by Gasteiger charge is -2.00. The predicted octanol–water partition coefficient (Wildman–Crippen LogP) is 1.74. The molecule has 1 heterocycles. The van der Waals surface area contributed by atoms with Crippen molar-refractivity contribution in [2.45, 2.75) is 6.92 Å². The Morgan fingerprint density at radius 2 is 1.63 bits per heavy atom. The summed E-state index contributed by atoms with van der Waals surface area (Å²) in [5, 5.41) is 17.9. The number of ketones is 1. The molecule has 1 aromatic heterocycles.